The third-order valence-corrected chi connectivity index (χ3v) is 4.95. The van der Waals surface area contributed by atoms with Gasteiger partial charge in [-0.2, -0.15) is 11.8 Å². The summed E-state index contributed by atoms with van der Waals surface area (Å²) in [6, 6.07) is 0.471. The smallest absolute Gasteiger partial charge is 0.0615 e. The lowest BCUT2D eigenvalue weighted by atomic mass is 9.84. The number of nitrogens with one attached hydrogen (secondary N) is 1. The normalized spacial score (nSPS) is 20.4. The molecular weight excluding hydrogens is 220 g/mol. The molecule has 0 bridgehead atoms. The second-order valence-corrected chi connectivity index (χ2v) is 5.98. The highest BCUT2D eigenvalue weighted by atomic mass is 32.2. The van der Waals surface area contributed by atoms with E-state index in [-0.39, 0.29) is 0 Å². The first-order valence-corrected chi connectivity index (χ1v) is 7.46. The second kappa shape index (κ2) is 7.54. The standard InChI is InChI=1S/C12H26N2OS/c1-15-9-11(5-3-8-13)14-10-12(16-2)6-4-7-12/h11,14H,3-10,13H2,1-2H3. The van der Waals surface area contributed by atoms with Gasteiger partial charge in [-0.3, -0.25) is 0 Å². The van der Waals surface area contributed by atoms with Crippen LogP contribution in [0.3, 0.4) is 0 Å². The van der Waals surface area contributed by atoms with E-state index in [0.717, 1.165) is 32.5 Å². The number of rotatable bonds is 9. The topological polar surface area (TPSA) is 47.3 Å². The van der Waals surface area contributed by atoms with E-state index in [1.807, 2.05) is 11.8 Å². The Hall–Kier alpha value is 0.230. The minimum Gasteiger partial charge on any atom is -0.383 e. The van der Waals surface area contributed by atoms with E-state index in [9.17, 15) is 0 Å². The summed E-state index contributed by atoms with van der Waals surface area (Å²) in [6.07, 6.45) is 8.53. The van der Waals surface area contributed by atoms with Gasteiger partial charge in [0, 0.05) is 24.4 Å². The Morgan fingerprint density at radius 2 is 2.25 bits per heavy atom. The Balaban J connectivity index is 2.24. The van der Waals surface area contributed by atoms with E-state index >= 15 is 0 Å². The molecule has 0 saturated heterocycles. The molecule has 16 heavy (non-hydrogen) atoms. The molecule has 0 spiro atoms. The molecule has 1 aliphatic rings. The van der Waals surface area contributed by atoms with Crippen molar-refractivity contribution >= 4 is 11.8 Å². The zero-order valence-electron chi connectivity index (χ0n) is 10.6. The first kappa shape index (κ1) is 14.3. The summed E-state index contributed by atoms with van der Waals surface area (Å²) in [4.78, 5) is 0. The van der Waals surface area contributed by atoms with Gasteiger partial charge in [-0.05, 0) is 38.5 Å². The molecule has 0 aromatic carbocycles. The quantitative estimate of drug-likeness (QED) is 0.649. The van der Waals surface area contributed by atoms with E-state index in [2.05, 4.69) is 11.6 Å². The lowest BCUT2D eigenvalue weighted by molar-refractivity contribution is 0.157. The summed E-state index contributed by atoms with van der Waals surface area (Å²) in [5, 5.41) is 3.65. The van der Waals surface area contributed by atoms with Crippen molar-refractivity contribution < 1.29 is 4.74 Å². The van der Waals surface area contributed by atoms with E-state index in [1.165, 1.54) is 19.3 Å². The van der Waals surface area contributed by atoms with Crippen molar-refractivity contribution in [1.82, 2.24) is 5.32 Å². The molecule has 0 aliphatic heterocycles. The number of hydrogen-bond donors (Lipinski definition) is 2. The molecule has 0 aromatic heterocycles. The van der Waals surface area contributed by atoms with Gasteiger partial charge in [0.2, 0.25) is 0 Å². The van der Waals surface area contributed by atoms with E-state index in [0.29, 0.717) is 10.8 Å². The third-order valence-electron chi connectivity index (χ3n) is 3.54. The molecule has 1 saturated carbocycles. The van der Waals surface area contributed by atoms with Crippen molar-refractivity contribution in [3.05, 3.63) is 0 Å². The lowest BCUT2D eigenvalue weighted by Gasteiger charge is -2.41. The Kier molecular flexibility index (Phi) is 6.73. The maximum Gasteiger partial charge on any atom is 0.0615 e. The van der Waals surface area contributed by atoms with Gasteiger partial charge in [0.25, 0.3) is 0 Å². The highest BCUT2D eigenvalue weighted by Gasteiger charge is 2.36. The predicted molar refractivity (Wildman–Crippen MR) is 72.1 cm³/mol. The zero-order valence-corrected chi connectivity index (χ0v) is 11.4. The van der Waals surface area contributed by atoms with Crippen molar-refractivity contribution in [2.45, 2.75) is 42.9 Å². The lowest BCUT2D eigenvalue weighted by Crippen LogP contribution is -2.47. The van der Waals surface area contributed by atoms with Crippen LogP contribution in [0.25, 0.3) is 0 Å². The Morgan fingerprint density at radius 3 is 2.69 bits per heavy atom. The van der Waals surface area contributed by atoms with Crippen LogP contribution in [-0.2, 0) is 4.74 Å². The van der Waals surface area contributed by atoms with Crippen molar-refractivity contribution in [2.24, 2.45) is 5.73 Å². The van der Waals surface area contributed by atoms with Gasteiger partial charge in [-0.25, -0.2) is 0 Å². The minimum atomic E-state index is 0.471. The minimum absolute atomic E-state index is 0.471. The van der Waals surface area contributed by atoms with Gasteiger partial charge in [-0.1, -0.05) is 6.42 Å². The van der Waals surface area contributed by atoms with Crippen LogP contribution in [0.15, 0.2) is 0 Å². The zero-order chi connectivity index (χ0) is 11.9. The summed E-state index contributed by atoms with van der Waals surface area (Å²) in [6.45, 7) is 2.69. The number of methoxy groups -OCH3 is 1. The van der Waals surface area contributed by atoms with Crippen LogP contribution in [0.5, 0.6) is 0 Å². The van der Waals surface area contributed by atoms with Crippen LogP contribution in [0.4, 0.5) is 0 Å². The molecule has 0 aromatic rings. The van der Waals surface area contributed by atoms with Crippen LogP contribution in [0.2, 0.25) is 0 Å². The van der Waals surface area contributed by atoms with Gasteiger partial charge in [0.15, 0.2) is 0 Å². The Bertz CT molecular complexity index is 180. The molecule has 0 radical (unpaired) electrons. The average Bonchev–Trinajstić information content (AvgIpc) is 2.24. The summed E-state index contributed by atoms with van der Waals surface area (Å²) < 4.78 is 5.75. The summed E-state index contributed by atoms with van der Waals surface area (Å²) in [7, 11) is 1.77. The third kappa shape index (κ3) is 4.24. The number of ether oxygens (including phenoxy) is 1. The molecular formula is C12H26N2OS. The van der Waals surface area contributed by atoms with Crippen molar-refractivity contribution in [2.75, 3.05) is 33.1 Å². The Labute approximate surface area is 104 Å². The van der Waals surface area contributed by atoms with E-state index in [1.54, 1.807) is 7.11 Å². The van der Waals surface area contributed by atoms with Crippen molar-refractivity contribution in [3.8, 4) is 0 Å². The molecule has 1 aliphatic carbocycles. The molecule has 1 fully saturated rings. The van der Waals surface area contributed by atoms with Gasteiger partial charge in [-0.15, -0.1) is 0 Å². The maximum atomic E-state index is 5.55. The first-order chi connectivity index (χ1) is 7.76. The summed E-state index contributed by atoms with van der Waals surface area (Å²) in [5.74, 6) is 0. The average molecular weight is 246 g/mol. The molecule has 4 heteroatoms. The highest BCUT2D eigenvalue weighted by molar-refractivity contribution is 8.00. The highest BCUT2D eigenvalue weighted by Crippen LogP contribution is 2.42. The van der Waals surface area contributed by atoms with Crippen LogP contribution in [0, 0.1) is 0 Å². The number of nitrogens with two attached hydrogens (primary N) is 1. The van der Waals surface area contributed by atoms with Gasteiger partial charge in [0.05, 0.1) is 6.61 Å². The number of thioether (sulfide) groups is 1. The fraction of sp³-hybridized carbons (Fsp3) is 1.00. The molecule has 1 atom stereocenters. The summed E-state index contributed by atoms with van der Waals surface area (Å²) >= 11 is 2.01. The van der Waals surface area contributed by atoms with Crippen LogP contribution >= 0.6 is 11.8 Å². The van der Waals surface area contributed by atoms with Crippen LogP contribution in [0.1, 0.15) is 32.1 Å². The predicted octanol–water partition coefficient (Wildman–Crippen LogP) is 1.62. The maximum absolute atomic E-state index is 5.55. The second-order valence-electron chi connectivity index (χ2n) is 4.70. The molecule has 3 nitrogen and oxygen atoms in total. The molecule has 96 valence electrons. The molecule has 0 amide bonds. The summed E-state index contributed by atoms with van der Waals surface area (Å²) in [5.41, 5.74) is 5.55. The molecule has 0 heterocycles. The van der Waals surface area contributed by atoms with Crippen molar-refractivity contribution in [1.29, 1.82) is 0 Å². The van der Waals surface area contributed by atoms with Crippen LogP contribution in [-0.4, -0.2) is 43.9 Å². The fourth-order valence-electron chi connectivity index (χ4n) is 2.16. The molecule has 1 unspecified atom stereocenters. The van der Waals surface area contributed by atoms with E-state index in [4.69, 9.17) is 10.5 Å². The van der Waals surface area contributed by atoms with Crippen LogP contribution < -0.4 is 11.1 Å². The first-order valence-electron chi connectivity index (χ1n) is 6.24. The van der Waals surface area contributed by atoms with Gasteiger partial charge < -0.3 is 15.8 Å². The monoisotopic (exact) mass is 246 g/mol. The van der Waals surface area contributed by atoms with Gasteiger partial charge in [0.1, 0.15) is 0 Å². The number of hydrogen-bond acceptors (Lipinski definition) is 4. The van der Waals surface area contributed by atoms with Crippen molar-refractivity contribution in [3.63, 3.8) is 0 Å². The Morgan fingerprint density at radius 1 is 1.50 bits per heavy atom. The molecule has 1 rings (SSSR count). The fourth-order valence-corrected chi connectivity index (χ4v) is 3.09. The van der Waals surface area contributed by atoms with E-state index < -0.39 is 0 Å². The van der Waals surface area contributed by atoms with Gasteiger partial charge >= 0.3 is 0 Å². The SMILES string of the molecule is COCC(CCCN)NCC1(SC)CCC1. The largest absolute Gasteiger partial charge is 0.383 e. The molecule has 3 N–H and O–H groups in total.